The third-order valence-corrected chi connectivity index (χ3v) is 1.65. The summed E-state index contributed by atoms with van der Waals surface area (Å²) < 4.78 is 0. The molecule has 0 heterocycles. The molecule has 1 radical (unpaired) electrons. The number of hydrogen-bond donors (Lipinski definition) is 0. The molecule has 0 saturated heterocycles. The van der Waals surface area contributed by atoms with Gasteiger partial charge in [-0.3, -0.25) is 0 Å². The normalized spacial score (nSPS) is 8.58. The van der Waals surface area contributed by atoms with E-state index in [0.717, 1.165) is 16.7 Å². The van der Waals surface area contributed by atoms with Gasteiger partial charge < -0.3 is 0 Å². The van der Waals surface area contributed by atoms with Gasteiger partial charge in [0.05, 0.1) is 0 Å². The molecule has 1 aromatic rings. The topological polar surface area (TPSA) is 0 Å². The Morgan fingerprint density at radius 2 is 2.17 bits per heavy atom. The lowest BCUT2D eigenvalue weighted by Gasteiger charge is -2.01. The second kappa shape index (κ2) is 3.59. The third-order valence-electron chi connectivity index (χ3n) is 1.65. The van der Waals surface area contributed by atoms with E-state index in [4.69, 9.17) is 6.42 Å². The van der Waals surface area contributed by atoms with Gasteiger partial charge in [-0.15, -0.1) is 6.42 Å². The lowest BCUT2D eigenvalue weighted by Crippen LogP contribution is -1.86. The lowest BCUT2D eigenvalue weighted by molar-refractivity contribution is 1.51. The zero-order valence-electron chi connectivity index (χ0n) is 6.80. The molecular weight excluding hydrogens is 144 g/mol. The first kappa shape index (κ1) is 8.36. The van der Waals surface area contributed by atoms with Crippen LogP contribution in [0.15, 0.2) is 31.4 Å². The van der Waals surface area contributed by atoms with Gasteiger partial charge in [0.15, 0.2) is 0 Å². The van der Waals surface area contributed by atoms with Gasteiger partial charge >= 0.3 is 0 Å². The van der Waals surface area contributed by atoms with Crippen LogP contribution in [0.1, 0.15) is 16.7 Å². The minimum atomic E-state index is 0.808. The van der Waals surface area contributed by atoms with Crippen LogP contribution in [0.3, 0.4) is 0 Å². The van der Waals surface area contributed by atoms with Crippen LogP contribution in [0.2, 0.25) is 0 Å². The van der Waals surface area contributed by atoms with E-state index >= 15 is 0 Å². The van der Waals surface area contributed by atoms with E-state index in [2.05, 4.69) is 25.2 Å². The summed E-state index contributed by atoms with van der Waals surface area (Å²) in [5, 5.41) is 0. The Labute approximate surface area is 73.2 Å². The van der Waals surface area contributed by atoms with Crippen molar-refractivity contribution in [2.75, 3.05) is 0 Å². The average molecular weight is 153 g/mol. The summed E-state index contributed by atoms with van der Waals surface area (Å²) in [6.45, 7) is 7.23. The minimum Gasteiger partial charge on any atom is -0.115 e. The molecular formula is C12H9. The summed E-state index contributed by atoms with van der Waals surface area (Å²) in [5.41, 5.74) is 2.61. The fourth-order valence-corrected chi connectivity index (χ4v) is 1.05. The maximum absolute atomic E-state index is 5.34. The molecule has 0 saturated carbocycles. The van der Waals surface area contributed by atoms with E-state index in [0.29, 0.717) is 0 Å². The second-order valence-electron chi connectivity index (χ2n) is 2.30. The summed E-state index contributed by atoms with van der Waals surface area (Å²) in [6.07, 6.45) is 9.85. The van der Waals surface area contributed by atoms with Crippen molar-refractivity contribution in [1.29, 1.82) is 0 Å². The van der Waals surface area contributed by atoms with Gasteiger partial charge in [-0.25, -0.2) is 0 Å². The Bertz CT molecular complexity index is 325. The van der Waals surface area contributed by atoms with E-state index in [1.54, 1.807) is 6.08 Å². The van der Waals surface area contributed by atoms with Gasteiger partial charge in [-0.05, 0) is 17.2 Å². The fourth-order valence-electron chi connectivity index (χ4n) is 1.05. The van der Waals surface area contributed by atoms with E-state index in [1.165, 1.54) is 0 Å². The van der Waals surface area contributed by atoms with Gasteiger partial charge in [0.2, 0.25) is 0 Å². The molecule has 57 valence electrons. The molecule has 0 fully saturated rings. The van der Waals surface area contributed by atoms with Crippen LogP contribution < -0.4 is 0 Å². The summed E-state index contributed by atoms with van der Waals surface area (Å²) in [4.78, 5) is 0. The fraction of sp³-hybridized carbons (Fsp3) is 0. The standard InChI is InChI=1S/C12H9/c1-4-10-8-7-9-11(5-2)12(10)6-3/h3-4,7-9H,1-2H2. The average Bonchev–Trinajstić information content (AvgIpc) is 2.16. The molecule has 0 nitrogen and oxygen atoms in total. The SMILES string of the molecule is C#Cc1c([C]=C)cccc1C=C. The predicted molar refractivity (Wildman–Crippen MR) is 52.4 cm³/mol. The maximum Gasteiger partial charge on any atom is 0.0393 e. The van der Waals surface area contributed by atoms with Crippen LogP contribution in [0, 0.1) is 18.4 Å². The quantitative estimate of drug-likeness (QED) is 0.573. The third kappa shape index (κ3) is 1.31. The van der Waals surface area contributed by atoms with Crippen LogP contribution in [0.5, 0.6) is 0 Å². The van der Waals surface area contributed by atoms with Gasteiger partial charge in [0.1, 0.15) is 0 Å². The van der Waals surface area contributed by atoms with E-state index in [1.807, 2.05) is 18.2 Å². The second-order valence-corrected chi connectivity index (χ2v) is 2.30. The Morgan fingerprint density at radius 1 is 1.42 bits per heavy atom. The van der Waals surface area contributed by atoms with Crippen LogP contribution in [-0.2, 0) is 0 Å². The van der Waals surface area contributed by atoms with Crippen LogP contribution in [-0.4, -0.2) is 0 Å². The molecule has 1 aromatic carbocycles. The Morgan fingerprint density at radius 3 is 2.67 bits per heavy atom. The minimum absolute atomic E-state index is 0.808. The molecule has 0 heteroatoms. The highest BCUT2D eigenvalue weighted by Crippen LogP contribution is 2.14. The summed E-state index contributed by atoms with van der Waals surface area (Å²) in [5.74, 6) is 2.59. The molecule has 0 N–H and O–H groups in total. The Kier molecular flexibility index (Phi) is 2.50. The maximum atomic E-state index is 5.34. The van der Waals surface area contributed by atoms with Crippen molar-refractivity contribution in [3.8, 4) is 12.3 Å². The summed E-state index contributed by atoms with van der Waals surface area (Å²) >= 11 is 0. The molecule has 0 aliphatic carbocycles. The van der Waals surface area contributed by atoms with Crippen LogP contribution in [0.4, 0.5) is 0 Å². The van der Waals surface area contributed by atoms with Crippen molar-refractivity contribution in [2.24, 2.45) is 0 Å². The molecule has 1 rings (SSSR count). The van der Waals surface area contributed by atoms with Crippen molar-refractivity contribution in [3.05, 3.63) is 54.1 Å². The number of benzene rings is 1. The van der Waals surface area contributed by atoms with E-state index < -0.39 is 0 Å². The lowest BCUT2D eigenvalue weighted by atomic mass is 10.0. The molecule has 0 bridgehead atoms. The summed E-state index contributed by atoms with van der Waals surface area (Å²) in [7, 11) is 0. The largest absolute Gasteiger partial charge is 0.115 e. The molecule has 0 aliphatic rings. The van der Waals surface area contributed by atoms with Gasteiger partial charge in [0.25, 0.3) is 0 Å². The molecule has 0 unspecified atom stereocenters. The van der Waals surface area contributed by atoms with Gasteiger partial charge in [0, 0.05) is 5.56 Å². The van der Waals surface area contributed by atoms with Crippen molar-refractivity contribution >= 4 is 6.08 Å². The zero-order chi connectivity index (χ0) is 8.97. The number of rotatable bonds is 2. The molecule has 0 atom stereocenters. The smallest absolute Gasteiger partial charge is 0.0393 e. The van der Waals surface area contributed by atoms with Crippen LogP contribution in [0.25, 0.3) is 6.08 Å². The Hall–Kier alpha value is -1.74. The van der Waals surface area contributed by atoms with E-state index in [9.17, 15) is 0 Å². The van der Waals surface area contributed by atoms with Crippen LogP contribution >= 0.6 is 0 Å². The monoisotopic (exact) mass is 153 g/mol. The van der Waals surface area contributed by atoms with Gasteiger partial charge in [-0.1, -0.05) is 43.4 Å². The zero-order valence-corrected chi connectivity index (χ0v) is 6.80. The molecule has 0 amide bonds. The molecule has 0 aliphatic heterocycles. The first-order valence-corrected chi connectivity index (χ1v) is 3.58. The van der Waals surface area contributed by atoms with Crippen molar-refractivity contribution in [2.45, 2.75) is 0 Å². The van der Waals surface area contributed by atoms with Crippen molar-refractivity contribution < 1.29 is 0 Å². The van der Waals surface area contributed by atoms with Crippen molar-refractivity contribution in [3.63, 3.8) is 0 Å². The highest BCUT2D eigenvalue weighted by Gasteiger charge is 1.99. The van der Waals surface area contributed by atoms with Gasteiger partial charge in [-0.2, -0.15) is 0 Å². The molecule has 0 spiro atoms. The highest BCUT2D eigenvalue weighted by atomic mass is 14.0. The molecule has 0 aromatic heterocycles. The first-order valence-electron chi connectivity index (χ1n) is 3.58. The predicted octanol–water partition coefficient (Wildman–Crippen LogP) is 2.65. The number of hydrogen-bond acceptors (Lipinski definition) is 0. The first-order chi connectivity index (χ1) is 5.83. The number of terminal acetylenes is 1. The van der Waals surface area contributed by atoms with Crippen molar-refractivity contribution in [1.82, 2.24) is 0 Å². The highest BCUT2D eigenvalue weighted by molar-refractivity contribution is 5.61. The summed E-state index contributed by atoms with van der Waals surface area (Å²) in [6, 6.07) is 5.71. The molecule has 12 heavy (non-hydrogen) atoms. The van der Waals surface area contributed by atoms with E-state index in [-0.39, 0.29) is 0 Å². The Balaban J connectivity index is 3.44.